The van der Waals surface area contributed by atoms with E-state index >= 15 is 0 Å². The summed E-state index contributed by atoms with van der Waals surface area (Å²) in [5.74, 6) is 0.783. The lowest BCUT2D eigenvalue weighted by atomic mass is 9.97. The van der Waals surface area contributed by atoms with Gasteiger partial charge in [0.25, 0.3) is 5.91 Å². The summed E-state index contributed by atoms with van der Waals surface area (Å²) in [7, 11) is 1.62. The Bertz CT molecular complexity index is 900. The van der Waals surface area contributed by atoms with E-state index in [4.69, 9.17) is 16.3 Å². The summed E-state index contributed by atoms with van der Waals surface area (Å²) >= 11 is 9.46. The van der Waals surface area contributed by atoms with Crippen LogP contribution in [0.5, 0.6) is 5.75 Å². The van der Waals surface area contributed by atoms with Gasteiger partial charge in [0.15, 0.2) is 0 Å². The molecule has 1 aliphatic rings. The summed E-state index contributed by atoms with van der Waals surface area (Å²) in [6.07, 6.45) is 0.893. The second-order valence-corrected chi connectivity index (χ2v) is 8.57. The number of halogens is 1. The van der Waals surface area contributed by atoms with Crippen molar-refractivity contribution in [2.45, 2.75) is 12.5 Å². The number of benzene rings is 1. The highest BCUT2D eigenvalue weighted by Crippen LogP contribution is 2.41. The van der Waals surface area contributed by atoms with Crippen molar-refractivity contribution >= 4 is 40.2 Å². The molecule has 3 heterocycles. The van der Waals surface area contributed by atoms with Crippen molar-refractivity contribution in [2.24, 2.45) is 0 Å². The fraction of sp³-hybridized carbons (Fsp3) is 0.211. The van der Waals surface area contributed by atoms with Gasteiger partial charge in [-0.3, -0.25) is 4.79 Å². The van der Waals surface area contributed by atoms with Crippen LogP contribution in [0.2, 0.25) is 4.34 Å². The number of methoxy groups -OCH3 is 1. The minimum Gasteiger partial charge on any atom is -0.497 e. The lowest BCUT2D eigenvalue weighted by Crippen LogP contribution is -2.39. The van der Waals surface area contributed by atoms with Crippen LogP contribution in [0.3, 0.4) is 0 Å². The maximum atomic E-state index is 13.2. The van der Waals surface area contributed by atoms with E-state index in [1.54, 1.807) is 18.4 Å². The maximum absolute atomic E-state index is 13.2. The van der Waals surface area contributed by atoms with Crippen LogP contribution in [0, 0.1) is 0 Å². The number of amides is 1. The Morgan fingerprint density at radius 1 is 1.20 bits per heavy atom. The van der Waals surface area contributed by atoms with E-state index in [1.165, 1.54) is 21.8 Å². The quantitative estimate of drug-likeness (QED) is 0.611. The molecular formula is C19H16ClNO2S2. The Kier molecular flexibility index (Phi) is 4.54. The van der Waals surface area contributed by atoms with Crippen molar-refractivity contribution in [2.75, 3.05) is 13.7 Å². The van der Waals surface area contributed by atoms with Gasteiger partial charge in [0.2, 0.25) is 0 Å². The van der Waals surface area contributed by atoms with Crippen LogP contribution in [0.4, 0.5) is 0 Å². The first-order valence-electron chi connectivity index (χ1n) is 7.94. The Morgan fingerprint density at radius 3 is 2.68 bits per heavy atom. The van der Waals surface area contributed by atoms with Gasteiger partial charge >= 0.3 is 0 Å². The Labute approximate surface area is 159 Å². The summed E-state index contributed by atoms with van der Waals surface area (Å²) < 4.78 is 5.93. The second kappa shape index (κ2) is 6.83. The predicted molar refractivity (Wildman–Crippen MR) is 103 cm³/mol. The fourth-order valence-corrected chi connectivity index (χ4v) is 5.31. The molecule has 4 rings (SSSR count). The monoisotopic (exact) mass is 389 g/mol. The number of ether oxygens (including phenoxy) is 1. The lowest BCUT2D eigenvalue weighted by molar-refractivity contribution is 0.0698. The third kappa shape index (κ3) is 3.08. The van der Waals surface area contributed by atoms with E-state index in [-0.39, 0.29) is 11.9 Å². The molecule has 0 spiro atoms. The van der Waals surface area contributed by atoms with Gasteiger partial charge in [0.05, 0.1) is 17.5 Å². The van der Waals surface area contributed by atoms with Crippen molar-refractivity contribution in [3.63, 3.8) is 0 Å². The standard InChI is InChI=1S/C19H16ClNO2S2/c1-23-13-4-2-12(3-5-13)19(22)21-10-8-15-14(9-11-24-15)18(21)16-6-7-17(20)25-16/h2-7,9,11,18H,8,10H2,1H3. The van der Waals surface area contributed by atoms with Gasteiger partial charge in [-0.1, -0.05) is 11.6 Å². The van der Waals surface area contributed by atoms with E-state index in [0.29, 0.717) is 12.1 Å². The van der Waals surface area contributed by atoms with Gasteiger partial charge in [0.1, 0.15) is 5.75 Å². The van der Waals surface area contributed by atoms with Gasteiger partial charge in [-0.2, -0.15) is 0 Å². The highest BCUT2D eigenvalue weighted by molar-refractivity contribution is 7.16. The average Bonchev–Trinajstić information content (AvgIpc) is 3.29. The zero-order chi connectivity index (χ0) is 17.4. The largest absolute Gasteiger partial charge is 0.497 e. The Morgan fingerprint density at radius 2 is 2.00 bits per heavy atom. The van der Waals surface area contributed by atoms with Gasteiger partial charge in [-0.15, -0.1) is 22.7 Å². The van der Waals surface area contributed by atoms with Gasteiger partial charge in [0, 0.05) is 21.9 Å². The SMILES string of the molecule is COc1ccc(C(=O)N2CCc3sccc3C2c2ccc(Cl)s2)cc1. The van der Waals surface area contributed by atoms with Crippen LogP contribution in [0.25, 0.3) is 0 Å². The number of thiophene rings is 2. The van der Waals surface area contributed by atoms with Gasteiger partial charge < -0.3 is 9.64 Å². The minimum absolute atomic E-state index is 0.0361. The van der Waals surface area contributed by atoms with Crippen LogP contribution in [0.15, 0.2) is 47.8 Å². The first-order valence-corrected chi connectivity index (χ1v) is 10.0. The molecule has 1 unspecified atom stereocenters. The molecule has 0 aliphatic carbocycles. The molecular weight excluding hydrogens is 374 g/mol. The highest BCUT2D eigenvalue weighted by Gasteiger charge is 2.34. The van der Waals surface area contributed by atoms with E-state index in [1.807, 2.05) is 41.3 Å². The normalized spacial score (nSPS) is 16.6. The van der Waals surface area contributed by atoms with Crippen molar-refractivity contribution in [1.29, 1.82) is 0 Å². The first kappa shape index (κ1) is 16.6. The smallest absolute Gasteiger partial charge is 0.254 e. The molecule has 2 aromatic heterocycles. The van der Waals surface area contributed by atoms with Crippen molar-refractivity contribution in [1.82, 2.24) is 4.90 Å². The van der Waals surface area contributed by atoms with Crippen molar-refractivity contribution in [3.8, 4) is 5.75 Å². The third-order valence-corrected chi connectivity index (χ3v) is 6.71. The van der Waals surface area contributed by atoms with E-state index in [2.05, 4.69) is 11.4 Å². The average molecular weight is 390 g/mol. The number of hydrogen-bond acceptors (Lipinski definition) is 4. The van der Waals surface area contributed by atoms with Crippen LogP contribution < -0.4 is 4.74 Å². The van der Waals surface area contributed by atoms with Crippen LogP contribution in [-0.2, 0) is 6.42 Å². The molecule has 0 fully saturated rings. The zero-order valence-corrected chi connectivity index (χ0v) is 16.0. The molecule has 1 amide bonds. The molecule has 0 radical (unpaired) electrons. The Hall–Kier alpha value is -1.82. The van der Waals surface area contributed by atoms with Crippen LogP contribution >= 0.6 is 34.3 Å². The molecule has 1 aromatic carbocycles. The molecule has 1 aliphatic heterocycles. The summed E-state index contributed by atoms with van der Waals surface area (Å²) in [5, 5.41) is 2.11. The summed E-state index contributed by atoms with van der Waals surface area (Å²) in [6.45, 7) is 0.707. The van der Waals surface area contributed by atoms with Crippen molar-refractivity contribution < 1.29 is 9.53 Å². The molecule has 0 N–H and O–H groups in total. The molecule has 25 heavy (non-hydrogen) atoms. The minimum atomic E-state index is -0.0675. The first-order chi connectivity index (χ1) is 12.2. The number of carbonyl (C=O) groups excluding carboxylic acids is 1. The molecule has 128 valence electrons. The number of hydrogen-bond donors (Lipinski definition) is 0. The summed E-state index contributed by atoms with van der Waals surface area (Å²) in [4.78, 5) is 17.6. The molecule has 6 heteroatoms. The molecule has 1 atom stereocenters. The predicted octanol–water partition coefficient (Wildman–Crippen LogP) is 5.26. The number of fused-ring (bicyclic) bond motifs is 1. The molecule has 3 nitrogen and oxygen atoms in total. The number of nitrogens with zero attached hydrogens (tertiary/aromatic N) is 1. The zero-order valence-electron chi connectivity index (χ0n) is 13.6. The summed E-state index contributed by atoms with van der Waals surface area (Å²) in [5.41, 5.74) is 1.89. The molecule has 3 aromatic rings. The lowest BCUT2D eigenvalue weighted by Gasteiger charge is -2.35. The second-order valence-electron chi connectivity index (χ2n) is 5.82. The molecule has 0 bridgehead atoms. The number of rotatable bonds is 3. The van der Waals surface area contributed by atoms with Crippen molar-refractivity contribution in [3.05, 3.63) is 73.1 Å². The molecule has 0 saturated heterocycles. The van der Waals surface area contributed by atoms with Gasteiger partial charge in [-0.05, 0) is 59.8 Å². The van der Waals surface area contributed by atoms with E-state index in [0.717, 1.165) is 21.4 Å². The van der Waals surface area contributed by atoms with E-state index in [9.17, 15) is 4.79 Å². The fourth-order valence-electron chi connectivity index (χ4n) is 3.22. The van der Waals surface area contributed by atoms with E-state index < -0.39 is 0 Å². The summed E-state index contributed by atoms with van der Waals surface area (Å²) in [6, 6.07) is 13.3. The number of carbonyl (C=O) groups is 1. The van der Waals surface area contributed by atoms with Gasteiger partial charge in [-0.25, -0.2) is 0 Å². The third-order valence-electron chi connectivity index (χ3n) is 4.43. The Balaban J connectivity index is 1.72. The molecule has 0 saturated carbocycles. The topological polar surface area (TPSA) is 29.5 Å². The van der Waals surface area contributed by atoms with Crippen LogP contribution in [0.1, 0.15) is 31.7 Å². The maximum Gasteiger partial charge on any atom is 0.254 e. The van der Waals surface area contributed by atoms with Crippen LogP contribution in [-0.4, -0.2) is 24.5 Å². The highest BCUT2D eigenvalue weighted by atomic mass is 35.5.